The Hall–Kier alpha value is 1.17. The molecule has 1 N–H and O–H groups in total. The van der Waals surface area contributed by atoms with Gasteiger partial charge in [-0.15, -0.1) is 0 Å². The fourth-order valence-electron chi connectivity index (χ4n) is 3.57. The van der Waals surface area contributed by atoms with Gasteiger partial charge in [0.1, 0.15) is 12.0 Å². The fraction of sp³-hybridized carbons (Fsp3) is 0.913. The number of carbonyl (C=O) groups excluding carboxylic acids is 1. The fourth-order valence-corrected chi connectivity index (χ4v) is 3.57. The zero-order valence-corrected chi connectivity index (χ0v) is 23.3. The van der Waals surface area contributed by atoms with Gasteiger partial charge in [-0.2, -0.15) is 0 Å². The predicted molar refractivity (Wildman–Crippen MR) is 114 cm³/mol. The van der Waals surface area contributed by atoms with Crippen LogP contribution in [0.5, 0.6) is 0 Å². The second-order valence-electron chi connectivity index (χ2n) is 8.24. The maximum atomic E-state index is 11.8. The average Bonchev–Trinajstić information content (AvgIpc) is 2.59. The summed E-state index contributed by atoms with van der Waals surface area (Å²) in [5.74, 6) is -1.72. The summed E-state index contributed by atoms with van der Waals surface area (Å²) in [5.41, 5.74) is -0.513. The molecular formula is C23H46KLiO4. The number of rotatable bonds is 19. The van der Waals surface area contributed by atoms with E-state index in [0.29, 0.717) is 0 Å². The van der Waals surface area contributed by atoms with Gasteiger partial charge in [0.2, 0.25) is 0 Å². The Bertz CT molecular complexity index is 404. The molecule has 0 aromatic rings. The maximum absolute atomic E-state index is 11.8. The molecule has 0 rings (SSSR count). The number of carboxylic acids is 1. The smallest absolute Gasteiger partial charge is 1.00 e. The molecular weight excluding hydrogens is 386 g/mol. The van der Waals surface area contributed by atoms with Crippen molar-refractivity contribution in [2.45, 2.75) is 136 Å². The minimum absolute atomic E-state index is 0. The maximum Gasteiger partial charge on any atom is 1.00 e. The number of unbranched alkanes of at least 4 members (excludes halogenated alkanes) is 12. The first-order chi connectivity index (χ1) is 12.9. The quantitative estimate of drug-likeness (QED) is 0.145. The van der Waals surface area contributed by atoms with Crippen LogP contribution in [0.4, 0.5) is 0 Å². The number of ether oxygens (including phenoxy) is 1. The molecule has 0 aliphatic carbocycles. The van der Waals surface area contributed by atoms with Crippen molar-refractivity contribution in [3.05, 3.63) is 0 Å². The third-order valence-electron chi connectivity index (χ3n) is 5.27. The van der Waals surface area contributed by atoms with Gasteiger partial charge in [-0.05, 0) is 32.6 Å². The number of aliphatic carboxylic acids is 1. The number of hydrogen-bond acceptors (Lipinski definition) is 3. The molecule has 0 heterocycles. The molecule has 1 atom stereocenters. The Balaban J connectivity index is -0.000000563. The molecule has 0 saturated heterocycles. The monoisotopic (exact) mass is 432 g/mol. The van der Waals surface area contributed by atoms with Crippen LogP contribution < -0.4 is 70.2 Å². The van der Waals surface area contributed by atoms with Gasteiger partial charge in [0.25, 0.3) is 0 Å². The molecule has 0 aromatic carbocycles. The summed E-state index contributed by atoms with van der Waals surface area (Å²) in [7, 11) is 0. The second kappa shape index (κ2) is 23.8. The van der Waals surface area contributed by atoms with Crippen molar-refractivity contribution in [3.63, 3.8) is 0 Å². The largest absolute Gasteiger partial charge is 1.00 e. The van der Waals surface area contributed by atoms with Crippen molar-refractivity contribution in [2.24, 2.45) is 0 Å². The molecule has 0 spiro atoms. The molecule has 0 amide bonds. The number of hydrogen-bond donors (Lipinski definition) is 1. The summed E-state index contributed by atoms with van der Waals surface area (Å²) in [4.78, 5) is 22.6. The summed E-state index contributed by atoms with van der Waals surface area (Å²) >= 11 is 0. The van der Waals surface area contributed by atoms with Crippen LogP contribution in [0.25, 0.3) is 0 Å². The van der Waals surface area contributed by atoms with Crippen LogP contribution >= 0.6 is 0 Å². The van der Waals surface area contributed by atoms with E-state index in [0.717, 1.165) is 38.5 Å². The minimum atomic E-state index is -1.12. The van der Waals surface area contributed by atoms with E-state index in [1.54, 1.807) is 0 Å². The topological polar surface area (TPSA) is 63.6 Å². The number of carboxylic acid groups (broad SMARTS) is 1. The first-order valence-electron chi connectivity index (χ1n) is 11.4. The SMILES string of the molecule is CCCCCCCCCCCCC(C)(CCCCCC)OC(=O)CC(=O)O.[H-].[H-].[K+].[Li+]. The third-order valence-corrected chi connectivity index (χ3v) is 5.27. The van der Waals surface area contributed by atoms with E-state index in [9.17, 15) is 9.59 Å². The van der Waals surface area contributed by atoms with Crippen LogP contribution in [0.1, 0.15) is 133 Å². The second-order valence-corrected chi connectivity index (χ2v) is 8.24. The summed E-state index contributed by atoms with van der Waals surface area (Å²) in [6, 6.07) is 0. The molecule has 6 heteroatoms. The zero-order valence-electron chi connectivity index (χ0n) is 22.2. The van der Waals surface area contributed by atoms with Crippen molar-refractivity contribution >= 4 is 11.9 Å². The van der Waals surface area contributed by atoms with Crippen molar-refractivity contribution in [1.29, 1.82) is 0 Å². The summed E-state index contributed by atoms with van der Waals surface area (Å²) in [6.07, 6.45) is 18.5. The van der Waals surface area contributed by atoms with Crippen LogP contribution in [0.15, 0.2) is 0 Å². The molecule has 4 nitrogen and oxygen atoms in total. The van der Waals surface area contributed by atoms with Crippen molar-refractivity contribution in [3.8, 4) is 0 Å². The van der Waals surface area contributed by atoms with Crippen LogP contribution in [-0.2, 0) is 14.3 Å². The van der Waals surface area contributed by atoms with Gasteiger partial charge in [0, 0.05) is 0 Å². The minimum Gasteiger partial charge on any atom is -1.00 e. The molecule has 0 aliphatic rings. The van der Waals surface area contributed by atoms with Crippen molar-refractivity contribution in [1.82, 2.24) is 0 Å². The number of esters is 1. The van der Waals surface area contributed by atoms with Crippen LogP contribution in [0.3, 0.4) is 0 Å². The molecule has 0 saturated carbocycles. The molecule has 1 unspecified atom stereocenters. The Labute approximate surface area is 237 Å². The molecule has 0 bridgehead atoms. The van der Waals surface area contributed by atoms with E-state index in [1.807, 2.05) is 6.92 Å². The first-order valence-corrected chi connectivity index (χ1v) is 11.4. The van der Waals surface area contributed by atoms with Gasteiger partial charge in [-0.1, -0.05) is 90.9 Å². The average molecular weight is 433 g/mol. The van der Waals surface area contributed by atoms with Crippen molar-refractivity contribution < 1.29 is 92.5 Å². The van der Waals surface area contributed by atoms with E-state index in [4.69, 9.17) is 9.84 Å². The molecule has 0 aliphatic heterocycles. The molecule has 164 valence electrons. The van der Waals surface area contributed by atoms with Gasteiger partial charge in [-0.3, -0.25) is 9.59 Å². The molecule has 0 radical (unpaired) electrons. The number of carbonyl (C=O) groups is 2. The predicted octanol–water partition coefficient (Wildman–Crippen LogP) is 1.28. The van der Waals surface area contributed by atoms with Crippen LogP contribution in [0.2, 0.25) is 0 Å². The normalized spacial score (nSPS) is 12.4. The van der Waals surface area contributed by atoms with E-state index >= 15 is 0 Å². The van der Waals surface area contributed by atoms with Gasteiger partial charge in [0.15, 0.2) is 0 Å². The van der Waals surface area contributed by atoms with Crippen LogP contribution in [-0.4, -0.2) is 22.6 Å². The Morgan fingerprint density at radius 3 is 1.48 bits per heavy atom. The summed E-state index contributed by atoms with van der Waals surface area (Å²) in [6.45, 7) is 6.40. The van der Waals surface area contributed by atoms with Crippen molar-refractivity contribution in [2.75, 3.05) is 0 Å². The van der Waals surface area contributed by atoms with Gasteiger partial charge in [0.05, 0.1) is 0 Å². The van der Waals surface area contributed by atoms with Gasteiger partial charge >= 0.3 is 82.2 Å². The molecule has 0 aromatic heterocycles. The zero-order chi connectivity index (χ0) is 20.4. The van der Waals surface area contributed by atoms with E-state index in [-0.39, 0.29) is 73.1 Å². The standard InChI is InChI=1S/C23H44O4.K.Li.2H/c1-4-6-8-10-11-12-13-14-15-17-19-23(3,18-16-9-7-5-2)27-22(26)20-21(24)25;;;;/h4-20H2,1-3H3,(H,24,25);;;;/q;2*+1;2*-1. The van der Waals surface area contributed by atoms with E-state index in [2.05, 4.69) is 13.8 Å². The summed E-state index contributed by atoms with van der Waals surface area (Å²) in [5, 5.41) is 8.79. The summed E-state index contributed by atoms with van der Waals surface area (Å²) < 4.78 is 5.59. The van der Waals surface area contributed by atoms with E-state index in [1.165, 1.54) is 64.2 Å². The molecule has 29 heavy (non-hydrogen) atoms. The first kappa shape index (κ1) is 34.8. The Morgan fingerprint density at radius 2 is 1.10 bits per heavy atom. The third kappa shape index (κ3) is 23.7. The Kier molecular flexibility index (Phi) is 28.6. The Morgan fingerprint density at radius 1 is 0.759 bits per heavy atom. The van der Waals surface area contributed by atoms with E-state index < -0.39 is 24.0 Å². The van der Waals surface area contributed by atoms with Gasteiger partial charge < -0.3 is 12.7 Å². The van der Waals surface area contributed by atoms with Gasteiger partial charge in [-0.25, -0.2) is 0 Å². The van der Waals surface area contributed by atoms with Crippen LogP contribution in [0, 0.1) is 0 Å². The molecule has 0 fully saturated rings.